The SMILES string of the molecule is CCOC(=O)C1C2CNC(c3ccccc3)(C(c3ccccc3)=N2)C1C(=O)OCC. The summed E-state index contributed by atoms with van der Waals surface area (Å²) in [5, 5.41) is 3.57. The molecule has 2 bridgehead atoms. The summed E-state index contributed by atoms with van der Waals surface area (Å²) in [7, 11) is 0. The molecule has 0 aliphatic carbocycles. The quantitative estimate of drug-likeness (QED) is 0.747. The van der Waals surface area contributed by atoms with E-state index in [9.17, 15) is 9.59 Å². The molecule has 0 spiro atoms. The number of ether oxygens (including phenoxy) is 2. The molecule has 30 heavy (non-hydrogen) atoms. The normalized spacial score (nSPS) is 27.3. The summed E-state index contributed by atoms with van der Waals surface area (Å²) in [6, 6.07) is 19.1. The van der Waals surface area contributed by atoms with Gasteiger partial charge < -0.3 is 9.47 Å². The second-order valence-electron chi connectivity index (χ2n) is 7.47. The lowest BCUT2D eigenvalue weighted by Crippen LogP contribution is -2.71. The Labute approximate surface area is 176 Å². The van der Waals surface area contributed by atoms with Crippen LogP contribution in [0.4, 0.5) is 0 Å². The third-order valence-corrected chi connectivity index (χ3v) is 5.87. The fourth-order valence-corrected chi connectivity index (χ4v) is 4.72. The Balaban J connectivity index is 1.96. The summed E-state index contributed by atoms with van der Waals surface area (Å²) in [4.78, 5) is 31.3. The molecule has 0 saturated carbocycles. The van der Waals surface area contributed by atoms with E-state index in [1.165, 1.54) is 0 Å². The van der Waals surface area contributed by atoms with Crippen LogP contribution in [0.25, 0.3) is 0 Å². The van der Waals surface area contributed by atoms with Crippen LogP contribution in [0.15, 0.2) is 65.7 Å². The number of nitrogens with one attached hydrogen (secondary N) is 1. The van der Waals surface area contributed by atoms with Crippen molar-refractivity contribution in [3.8, 4) is 0 Å². The molecule has 6 heteroatoms. The van der Waals surface area contributed by atoms with E-state index >= 15 is 0 Å². The van der Waals surface area contributed by atoms with Crippen LogP contribution in [0.2, 0.25) is 0 Å². The number of nitrogens with zero attached hydrogens (tertiary/aromatic N) is 1. The number of hydrogen-bond acceptors (Lipinski definition) is 6. The topological polar surface area (TPSA) is 77.0 Å². The van der Waals surface area contributed by atoms with E-state index in [1.54, 1.807) is 13.8 Å². The van der Waals surface area contributed by atoms with Gasteiger partial charge in [0, 0.05) is 6.54 Å². The maximum absolute atomic E-state index is 13.3. The largest absolute Gasteiger partial charge is 0.466 e. The summed E-state index contributed by atoms with van der Waals surface area (Å²) in [6.07, 6.45) is 0. The summed E-state index contributed by atoms with van der Waals surface area (Å²) < 4.78 is 10.9. The number of esters is 2. The highest BCUT2D eigenvalue weighted by molar-refractivity contribution is 6.12. The molecule has 0 radical (unpaired) electrons. The molecular weight excluding hydrogens is 380 g/mol. The van der Waals surface area contributed by atoms with Crippen molar-refractivity contribution in [3.05, 3.63) is 71.8 Å². The van der Waals surface area contributed by atoms with Crippen molar-refractivity contribution < 1.29 is 19.1 Å². The van der Waals surface area contributed by atoms with E-state index in [-0.39, 0.29) is 13.2 Å². The molecule has 5 rings (SSSR count). The van der Waals surface area contributed by atoms with Crippen molar-refractivity contribution in [1.29, 1.82) is 0 Å². The van der Waals surface area contributed by atoms with Gasteiger partial charge in [-0.05, 0) is 25.0 Å². The first kappa shape index (κ1) is 20.3. The third-order valence-electron chi connectivity index (χ3n) is 5.87. The monoisotopic (exact) mass is 406 g/mol. The van der Waals surface area contributed by atoms with Crippen LogP contribution < -0.4 is 5.32 Å². The highest BCUT2D eigenvalue weighted by Crippen LogP contribution is 2.48. The van der Waals surface area contributed by atoms with Gasteiger partial charge in [0.15, 0.2) is 0 Å². The van der Waals surface area contributed by atoms with Crippen LogP contribution in [0.3, 0.4) is 0 Å². The molecule has 2 aromatic rings. The Hall–Kier alpha value is -2.99. The first-order valence-electron chi connectivity index (χ1n) is 10.4. The summed E-state index contributed by atoms with van der Waals surface area (Å²) in [5.74, 6) is -2.32. The Bertz CT molecular complexity index is 944. The predicted octanol–water partition coefficient (Wildman–Crippen LogP) is 2.72. The predicted molar refractivity (Wildman–Crippen MR) is 113 cm³/mol. The fraction of sp³-hybridized carbons (Fsp3) is 0.375. The number of piperidine rings is 1. The number of carbonyl (C=O) groups excluding carboxylic acids is 2. The Kier molecular flexibility index (Phi) is 5.68. The van der Waals surface area contributed by atoms with Crippen LogP contribution in [-0.2, 0) is 24.6 Å². The minimum absolute atomic E-state index is 0.234. The molecule has 0 aromatic heterocycles. The maximum Gasteiger partial charge on any atom is 0.312 e. The molecule has 3 heterocycles. The number of benzene rings is 2. The van der Waals surface area contributed by atoms with Gasteiger partial charge in [0.25, 0.3) is 0 Å². The van der Waals surface area contributed by atoms with Crippen LogP contribution >= 0.6 is 0 Å². The molecule has 156 valence electrons. The number of rotatable bonds is 6. The zero-order chi connectivity index (χ0) is 21.1. The van der Waals surface area contributed by atoms with E-state index in [0.29, 0.717) is 6.54 Å². The molecule has 0 amide bonds. The first-order valence-corrected chi connectivity index (χ1v) is 10.4. The van der Waals surface area contributed by atoms with E-state index < -0.39 is 35.4 Å². The highest BCUT2D eigenvalue weighted by Gasteiger charge is 2.63. The fourth-order valence-electron chi connectivity index (χ4n) is 4.72. The van der Waals surface area contributed by atoms with E-state index in [1.807, 2.05) is 60.7 Å². The van der Waals surface area contributed by atoms with Crippen molar-refractivity contribution >= 4 is 17.7 Å². The standard InChI is InChI=1S/C24H26N2O4/c1-3-29-22(27)19-18-15-25-24(17-13-9-6-10-14-17,20(19)23(28)30-4-2)21(26-18)16-11-7-5-8-12-16/h5-14,18-20,25H,3-4,15H2,1-2H3. The molecule has 4 unspecified atom stereocenters. The summed E-state index contributed by atoms with van der Waals surface area (Å²) in [5.41, 5.74) is 1.55. The lowest BCUT2D eigenvalue weighted by molar-refractivity contribution is -0.167. The number of fused-ring (bicyclic) bond motifs is 2. The molecule has 3 aliphatic heterocycles. The lowest BCUT2D eigenvalue weighted by Gasteiger charge is -2.53. The number of carbonyl (C=O) groups is 2. The zero-order valence-corrected chi connectivity index (χ0v) is 17.2. The van der Waals surface area contributed by atoms with Crippen LogP contribution in [0.1, 0.15) is 25.0 Å². The van der Waals surface area contributed by atoms with Crippen molar-refractivity contribution in [2.24, 2.45) is 16.8 Å². The van der Waals surface area contributed by atoms with Gasteiger partial charge in [-0.2, -0.15) is 0 Å². The van der Waals surface area contributed by atoms with E-state index in [2.05, 4.69) is 5.32 Å². The third kappa shape index (κ3) is 3.21. The molecule has 1 saturated heterocycles. The van der Waals surface area contributed by atoms with Crippen LogP contribution in [0, 0.1) is 11.8 Å². The number of hydrogen-bond donors (Lipinski definition) is 1. The summed E-state index contributed by atoms with van der Waals surface area (Å²) >= 11 is 0. The van der Waals surface area contributed by atoms with E-state index in [4.69, 9.17) is 14.5 Å². The van der Waals surface area contributed by atoms with E-state index in [0.717, 1.165) is 16.8 Å². The van der Waals surface area contributed by atoms with Gasteiger partial charge in [-0.15, -0.1) is 0 Å². The smallest absolute Gasteiger partial charge is 0.312 e. The average Bonchev–Trinajstić information content (AvgIpc) is 2.80. The molecule has 3 aliphatic rings. The highest BCUT2D eigenvalue weighted by atomic mass is 16.5. The van der Waals surface area contributed by atoms with Crippen molar-refractivity contribution in [3.63, 3.8) is 0 Å². The second-order valence-corrected chi connectivity index (χ2v) is 7.47. The first-order chi connectivity index (χ1) is 14.6. The van der Waals surface area contributed by atoms with Crippen molar-refractivity contribution in [2.75, 3.05) is 19.8 Å². The Morgan fingerprint density at radius 1 is 0.967 bits per heavy atom. The minimum Gasteiger partial charge on any atom is -0.466 e. The van der Waals surface area contributed by atoms with Gasteiger partial charge in [0.05, 0.1) is 30.9 Å². The molecule has 6 nitrogen and oxygen atoms in total. The minimum atomic E-state index is -0.985. The van der Waals surface area contributed by atoms with Crippen molar-refractivity contribution in [1.82, 2.24) is 5.32 Å². The van der Waals surface area contributed by atoms with Crippen LogP contribution in [0.5, 0.6) is 0 Å². The molecule has 2 aromatic carbocycles. The average molecular weight is 406 g/mol. The van der Waals surface area contributed by atoms with Gasteiger partial charge >= 0.3 is 11.9 Å². The van der Waals surface area contributed by atoms with Gasteiger partial charge in [0.1, 0.15) is 11.5 Å². The zero-order valence-electron chi connectivity index (χ0n) is 17.2. The summed E-state index contributed by atoms with van der Waals surface area (Å²) in [6.45, 7) is 4.50. The van der Waals surface area contributed by atoms with Crippen LogP contribution in [-0.4, -0.2) is 43.5 Å². The maximum atomic E-state index is 13.3. The van der Waals surface area contributed by atoms with Gasteiger partial charge in [-0.1, -0.05) is 60.7 Å². The molecule has 1 N–H and O–H groups in total. The Morgan fingerprint density at radius 3 is 2.20 bits per heavy atom. The van der Waals surface area contributed by atoms with Crippen molar-refractivity contribution in [2.45, 2.75) is 25.4 Å². The van der Waals surface area contributed by atoms with Gasteiger partial charge in [-0.25, -0.2) is 0 Å². The number of aliphatic imine (C=N–C) groups is 1. The molecular formula is C24H26N2O4. The van der Waals surface area contributed by atoms with Gasteiger partial charge in [0.2, 0.25) is 0 Å². The second kappa shape index (κ2) is 8.40. The van der Waals surface area contributed by atoms with Gasteiger partial charge in [-0.3, -0.25) is 19.9 Å². The Morgan fingerprint density at radius 2 is 1.57 bits per heavy atom. The molecule has 4 atom stereocenters. The lowest BCUT2D eigenvalue weighted by atomic mass is 9.61. The molecule has 1 fully saturated rings.